The molecule has 0 saturated heterocycles. The van der Waals surface area contributed by atoms with E-state index < -0.39 is 11.7 Å². The molecule has 2 aromatic heterocycles. The Bertz CT molecular complexity index is 1280. The van der Waals surface area contributed by atoms with Crippen LogP contribution in [0.25, 0.3) is 21.3 Å². The second-order valence-electron chi connectivity index (χ2n) is 6.88. The average molecular weight is 407 g/mol. The van der Waals surface area contributed by atoms with Crippen LogP contribution in [-0.4, -0.2) is 15.5 Å². The topological polar surface area (TPSA) is 64.0 Å². The van der Waals surface area contributed by atoms with Gasteiger partial charge in [-0.05, 0) is 37.1 Å². The van der Waals surface area contributed by atoms with Crippen molar-refractivity contribution in [3.8, 4) is 11.1 Å². The number of aromatic nitrogens is 2. The van der Waals surface area contributed by atoms with Crippen molar-refractivity contribution >= 4 is 33.1 Å². The van der Waals surface area contributed by atoms with Gasteiger partial charge in [-0.25, -0.2) is 9.37 Å². The van der Waals surface area contributed by atoms with Crippen molar-refractivity contribution in [3.05, 3.63) is 81.5 Å². The van der Waals surface area contributed by atoms with Crippen LogP contribution in [0.15, 0.2) is 59.0 Å². The van der Waals surface area contributed by atoms with Gasteiger partial charge in [-0.1, -0.05) is 35.9 Å². The third-order valence-corrected chi connectivity index (χ3v) is 5.64. The maximum Gasteiger partial charge on any atom is 0.271 e. The molecule has 0 saturated carbocycles. The van der Waals surface area contributed by atoms with E-state index in [2.05, 4.69) is 10.3 Å². The third-order valence-electron chi connectivity index (χ3n) is 4.68. The first-order chi connectivity index (χ1) is 13.9. The minimum atomic E-state index is -0.424. The highest BCUT2D eigenvalue weighted by Crippen LogP contribution is 2.30. The Kier molecular flexibility index (Phi) is 4.98. The lowest BCUT2D eigenvalue weighted by atomic mass is 10.1. The number of halogens is 1. The molecule has 0 fully saturated rings. The number of carbonyl (C=O) groups excluding carboxylic acids is 1. The summed E-state index contributed by atoms with van der Waals surface area (Å²) in [5, 5.41) is 4.51. The molecule has 0 spiro atoms. The fraction of sp³-hybridized carbons (Fsp3) is 0.136. The van der Waals surface area contributed by atoms with Crippen molar-refractivity contribution in [2.45, 2.75) is 20.4 Å². The molecule has 0 bridgehead atoms. The highest BCUT2D eigenvalue weighted by Gasteiger charge is 2.14. The summed E-state index contributed by atoms with van der Waals surface area (Å²) in [5.41, 5.74) is 4.24. The number of benzene rings is 2. The summed E-state index contributed by atoms with van der Waals surface area (Å²) in [6, 6.07) is 12.5. The van der Waals surface area contributed by atoms with E-state index in [0.717, 1.165) is 16.7 Å². The molecule has 1 N–H and O–H groups in total. The fourth-order valence-electron chi connectivity index (χ4n) is 3.02. The van der Waals surface area contributed by atoms with Gasteiger partial charge in [0, 0.05) is 16.6 Å². The van der Waals surface area contributed by atoms with E-state index in [9.17, 15) is 14.0 Å². The van der Waals surface area contributed by atoms with Gasteiger partial charge in [-0.2, -0.15) is 0 Å². The first-order valence-corrected chi connectivity index (χ1v) is 9.90. The van der Waals surface area contributed by atoms with Crippen molar-refractivity contribution in [2.75, 3.05) is 5.32 Å². The van der Waals surface area contributed by atoms with Crippen molar-refractivity contribution in [1.82, 2.24) is 9.55 Å². The molecule has 7 heteroatoms. The Morgan fingerprint density at radius 3 is 2.66 bits per heavy atom. The number of anilines is 1. The number of hydrogen-bond donors (Lipinski definition) is 1. The van der Waals surface area contributed by atoms with Gasteiger partial charge in [0.05, 0.1) is 11.8 Å². The largest absolute Gasteiger partial charge is 0.324 e. The zero-order valence-corrected chi connectivity index (χ0v) is 16.7. The van der Waals surface area contributed by atoms with E-state index in [1.807, 2.05) is 36.6 Å². The second kappa shape index (κ2) is 7.60. The van der Waals surface area contributed by atoms with Crippen LogP contribution in [0.5, 0.6) is 0 Å². The first kappa shape index (κ1) is 19.0. The molecule has 29 heavy (non-hydrogen) atoms. The maximum absolute atomic E-state index is 13.6. The molecular weight excluding hydrogens is 389 g/mol. The van der Waals surface area contributed by atoms with Gasteiger partial charge < -0.3 is 5.32 Å². The van der Waals surface area contributed by atoms with Crippen molar-refractivity contribution < 1.29 is 9.18 Å². The van der Waals surface area contributed by atoms with Gasteiger partial charge in [0.1, 0.15) is 17.1 Å². The molecule has 1 amide bonds. The number of hydrogen-bond acceptors (Lipinski definition) is 4. The number of amides is 1. The highest BCUT2D eigenvalue weighted by atomic mass is 32.1. The zero-order chi connectivity index (χ0) is 20.5. The maximum atomic E-state index is 13.6. The zero-order valence-electron chi connectivity index (χ0n) is 15.9. The second-order valence-corrected chi connectivity index (χ2v) is 7.76. The van der Waals surface area contributed by atoms with Gasteiger partial charge >= 0.3 is 0 Å². The summed E-state index contributed by atoms with van der Waals surface area (Å²) in [7, 11) is 0. The van der Waals surface area contributed by atoms with Crippen LogP contribution in [0.4, 0.5) is 10.1 Å². The van der Waals surface area contributed by atoms with E-state index in [4.69, 9.17) is 0 Å². The van der Waals surface area contributed by atoms with E-state index in [-0.39, 0.29) is 12.1 Å². The predicted molar refractivity (Wildman–Crippen MR) is 114 cm³/mol. The van der Waals surface area contributed by atoms with Crippen LogP contribution in [0.3, 0.4) is 0 Å². The molecule has 4 rings (SSSR count). The number of fused-ring (bicyclic) bond motifs is 1. The lowest BCUT2D eigenvalue weighted by Gasteiger charge is -2.08. The van der Waals surface area contributed by atoms with Crippen LogP contribution < -0.4 is 10.9 Å². The van der Waals surface area contributed by atoms with E-state index in [1.165, 1.54) is 28.3 Å². The van der Waals surface area contributed by atoms with E-state index in [1.54, 1.807) is 19.1 Å². The van der Waals surface area contributed by atoms with Crippen LogP contribution in [0, 0.1) is 19.7 Å². The normalized spacial score (nSPS) is 11.0. The SMILES string of the molecule is Cc1ccc(-c2csc3c(=O)n(CC(=O)Nc4ccc(C)c(F)c4)cnc23)cc1. The number of nitrogens with zero attached hydrogens (tertiary/aromatic N) is 2. The summed E-state index contributed by atoms with van der Waals surface area (Å²) in [6.07, 6.45) is 1.38. The molecule has 2 heterocycles. The monoisotopic (exact) mass is 407 g/mol. The summed E-state index contributed by atoms with van der Waals surface area (Å²) < 4.78 is 15.4. The number of thiophene rings is 1. The summed E-state index contributed by atoms with van der Waals surface area (Å²) in [4.78, 5) is 29.5. The molecule has 4 aromatic rings. The van der Waals surface area contributed by atoms with Gasteiger partial charge in [0.25, 0.3) is 5.56 Å². The lowest BCUT2D eigenvalue weighted by molar-refractivity contribution is -0.116. The minimum Gasteiger partial charge on any atom is -0.324 e. The number of rotatable bonds is 4. The molecule has 0 aliphatic carbocycles. The van der Waals surface area contributed by atoms with E-state index in [0.29, 0.717) is 21.5 Å². The van der Waals surface area contributed by atoms with Gasteiger partial charge in [0.15, 0.2) is 0 Å². The fourth-order valence-corrected chi connectivity index (χ4v) is 3.99. The van der Waals surface area contributed by atoms with Gasteiger partial charge in [-0.3, -0.25) is 14.2 Å². The van der Waals surface area contributed by atoms with Gasteiger partial charge in [0.2, 0.25) is 5.91 Å². The molecular formula is C22H18FN3O2S. The first-order valence-electron chi connectivity index (χ1n) is 9.02. The van der Waals surface area contributed by atoms with Crippen LogP contribution in [-0.2, 0) is 11.3 Å². The molecule has 146 valence electrons. The Balaban J connectivity index is 1.59. The minimum absolute atomic E-state index is 0.199. The molecule has 0 aliphatic heterocycles. The van der Waals surface area contributed by atoms with Gasteiger partial charge in [-0.15, -0.1) is 11.3 Å². The average Bonchev–Trinajstić information content (AvgIpc) is 3.12. The Hall–Kier alpha value is -3.32. The summed E-state index contributed by atoms with van der Waals surface area (Å²) in [5.74, 6) is -0.822. The number of nitrogens with one attached hydrogen (secondary N) is 1. The van der Waals surface area contributed by atoms with Crippen molar-refractivity contribution in [2.24, 2.45) is 0 Å². The molecule has 0 radical (unpaired) electrons. The van der Waals surface area contributed by atoms with Crippen LogP contribution in [0.2, 0.25) is 0 Å². The summed E-state index contributed by atoms with van der Waals surface area (Å²) in [6.45, 7) is 3.46. The molecule has 0 atom stereocenters. The Morgan fingerprint density at radius 2 is 1.93 bits per heavy atom. The molecule has 0 aliphatic rings. The van der Waals surface area contributed by atoms with Crippen LogP contribution >= 0.6 is 11.3 Å². The third kappa shape index (κ3) is 3.82. The van der Waals surface area contributed by atoms with E-state index >= 15 is 0 Å². The van der Waals surface area contributed by atoms with Crippen molar-refractivity contribution in [1.29, 1.82) is 0 Å². The standard InChI is InChI=1S/C22H18FN3O2S/c1-13-3-6-15(7-4-13)17-11-29-21-20(17)24-12-26(22(21)28)10-19(27)25-16-8-5-14(2)18(23)9-16/h3-9,11-12H,10H2,1-2H3,(H,25,27). The predicted octanol–water partition coefficient (Wildman–Crippen LogP) is 4.52. The Morgan fingerprint density at radius 1 is 1.17 bits per heavy atom. The van der Waals surface area contributed by atoms with Crippen LogP contribution in [0.1, 0.15) is 11.1 Å². The molecule has 5 nitrogen and oxygen atoms in total. The number of carbonyl (C=O) groups is 1. The highest BCUT2D eigenvalue weighted by molar-refractivity contribution is 7.17. The smallest absolute Gasteiger partial charge is 0.271 e. The number of aryl methyl sites for hydroxylation is 2. The quantitative estimate of drug-likeness (QED) is 0.541. The molecule has 0 unspecified atom stereocenters. The summed E-state index contributed by atoms with van der Waals surface area (Å²) >= 11 is 1.31. The van der Waals surface area contributed by atoms with Crippen molar-refractivity contribution in [3.63, 3.8) is 0 Å². The Labute approximate surface area is 170 Å². The lowest BCUT2D eigenvalue weighted by Crippen LogP contribution is -2.27. The molecule has 2 aromatic carbocycles.